The predicted octanol–water partition coefficient (Wildman–Crippen LogP) is 0.723. The molecule has 0 saturated heterocycles. The molecule has 0 unspecified atom stereocenters. The average Bonchev–Trinajstić information content (AvgIpc) is 2.64. The van der Waals surface area contributed by atoms with E-state index < -0.39 is 5.97 Å². The van der Waals surface area contributed by atoms with E-state index in [-0.39, 0.29) is 5.56 Å². The summed E-state index contributed by atoms with van der Waals surface area (Å²) in [6.45, 7) is 0.484. The second-order valence-electron chi connectivity index (χ2n) is 2.89. The topological polar surface area (TPSA) is 68.7 Å². The van der Waals surface area contributed by atoms with Gasteiger partial charge in [0, 0.05) is 12.6 Å². The Balaban J connectivity index is 2.58. The Morgan fingerprint density at radius 2 is 2.50 bits per heavy atom. The quantitative estimate of drug-likeness (QED) is 0.753. The molecular formula is C9H9NO4. The lowest BCUT2D eigenvalue weighted by Crippen LogP contribution is -2.02. The number of carboxylic acid groups (broad SMARTS) is 1. The number of fused-ring (bicyclic) bond motifs is 1. The van der Waals surface area contributed by atoms with Crippen molar-refractivity contribution in [3.8, 4) is 11.6 Å². The number of hydrogen-bond acceptors (Lipinski definition) is 4. The van der Waals surface area contributed by atoms with Crippen LogP contribution < -0.4 is 9.47 Å². The smallest absolute Gasteiger partial charge is 0.341 e. The molecule has 1 aliphatic rings. The molecule has 74 valence electrons. The number of hydrogen-bond donors (Lipinski definition) is 1. The lowest BCUT2D eigenvalue weighted by atomic mass is 10.1. The van der Waals surface area contributed by atoms with Gasteiger partial charge >= 0.3 is 5.97 Å². The van der Waals surface area contributed by atoms with E-state index in [4.69, 9.17) is 14.6 Å². The molecule has 0 saturated carbocycles. The van der Waals surface area contributed by atoms with Gasteiger partial charge in [-0.15, -0.1) is 0 Å². The van der Waals surface area contributed by atoms with E-state index in [2.05, 4.69) is 4.98 Å². The van der Waals surface area contributed by atoms with Crippen LogP contribution in [0.15, 0.2) is 6.20 Å². The first-order chi connectivity index (χ1) is 6.74. The molecule has 0 atom stereocenters. The highest BCUT2D eigenvalue weighted by atomic mass is 16.5. The van der Waals surface area contributed by atoms with Crippen LogP contribution in [0.3, 0.4) is 0 Å². The highest BCUT2D eigenvalue weighted by Crippen LogP contribution is 2.34. The lowest BCUT2D eigenvalue weighted by Gasteiger charge is -2.06. The van der Waals surface area contributed by atoms with E-state index in [0.717, 1.165) is 5.56 Å². The molecule has 0 aliphatic carbocycles. The van der Waals surface area contributed by atoms with Gasteiger partial charge in [0.1, 0.15) is 11.3 Å². The molecule has 1 aromatic rings. The fraction of sp³-hybridized carbons (Fsp3) is 0.333. The van der Waals surface area contributed by atoms with Gasteiger partial charge in [-0.25, -0.2) is 9.78 Å². The molecule has 14 heavy (non-hydrogen) atoms. The van der Waals surface area contributed by atoms with Crippen LogP contribution in [0, 0.1) is 0 Å². The summed E-state index contributed by atoms with van der Waals surface area (Å²) in [4.78, 5) is 14.7. The van der Waals surface area contributed by atoms with Crippen molar-refractivity contribution in [1.82, 2.24) is 4.98 Å². The third kappa shape index (κ3) is 1.17. The van der Waals surface area contributed by atoms with Crippen LogP contribution in [0.25, 0.3) is 0 Å². The van der Waals surface area contributed by atoms with Gasteiger partial charge in [-0.2, -0.15) is 0 Å². The summed E-state index contributed by atoms with van der Waals surface area (Å²) in [5.41, 5.74) is 0.839. The SMILES string of the molecule is COc1ncc(C(=O)O)c2c1CCO2. The van der Waals surface area contributed by atoms with E-state index >= 15 is 0 Å². The fourth-order valence-electron chi connectivity index (χ4n) is 1.49. The maximum atomic E-state index is 10.8. The Labute approximate surface area is 80.3 Å². The minimum Gasteiger partial charge on any atom is -0.492 e. The molecule has 2 heterocycles. The van der Waals surface area contributed by atoms with Crippen LogP contribution in [0.5, 0.6) is 11.6 Å². The maximum absolute atomic E-state index is 10.8. The molecule has 0 fully saturated rings. The van der Waals surface area contributed by atoms with E-state index in [0.29, 0.717) is 24.7 Å². The summed E-state index contributed by atoms with van der Waals surface area (Å²) in [6, 6.07) is 0. The highest BCUT2D eigenvalue weighted by Gasteiger charge is 2.25. The largest absolute Gasteiger partial charge is 0.492 e. The summed E-state index contributed by atoms with van der Waals surface area (Å²) in [6.07, 6.45) is 1.90. The van der Waals surface area contributed by atoms with Crippen LogP contribution in [-0.4, -0.2) is 29.8 Å². The van der Waals surface area contributed by atoms with Crippen molar-refractivity contribution in [1.29, 1.82) is 0 Å². The number of ether oxygens (including phenoxy) is 2. The second-order valence-corrected chi connectivity index (χ2v) is 2.89. The van der Waals surface area contributed by atoms with Gasteiger partial charge in [0.2, 0.25) is 5.88 Å². The first-order valence-electron chi connectivity index (χ1n) is 4.16. The van der Waals surface area contributed by atoms with Crippen LogP contribution in [0.1, 0.15) is 15.9 Å². The van der Waals surface area contributed by atoms with Crippen LogP contribution in [-0.2, 0) is 6.42 Å². The average molecular weight is 195 g/mol. The zero-order valence-corrected chi connectivity index (χ0v) is 7.61. The van der Waals surface area contributed by atoms with Crippen molar-refractivity contribution in [3.05, 3.63) is 17.3 Å². The van der Waals surface area contributed by atoms with Crippen molar-refractivity contribution in [2.24, 2.45) is 0 Å². The Bertz CT molecular complexity index is 389. The zero-order valence-electron chi connectivity index (χ0n) is 7.61. The number of pyridine rings is 1. The number of methoxy groups -OCH3 is 1. The number of nitrogens with zero attached hydrogens (tertiary/aromatic N) is 1. The second kappa shape index (κ2) is 3.17. The van der Waals surface area contributed by atoms with E-state index in [1.54, 1.807) is 0 Å². The Hall–Kier alpha value is -1.78. The Morgan fingerprint density at radius 3 is 3.14 bits per heavy atom. The normalized spacial score (nSPS) is 13.2. The molecule has 5 heteroatoms. The number of carbonyl (C=O) groups is 1. The number of aromatic nitrogens is 1. The monoisotopic (exact) mass is 195 g/mol. The van der Waals surface area contributed by atoms with E-state index in [9.17, 15) is 4.79 Å². The number of rotatable bonds is 2. The zero-order chi connectivity index (χ0) is 10.1. The van der Waals surface area contributed by atoms with Crippen LogP contribution in [0.2, 0.25) is 0 Å². The molecule has 5 nitrogen and oxygen atoms in total. The Kier molecular flexibility index (Phi) is 1.99. The van der Waals surface area contributed by atoms with Gasteiger partial charge in [-0.1, -0.05) is 0 Å². The molecule has 0 aromatic carbocycles. The maximum Gasteiger partial charge on any atom is 0.341 e. The summed E-state index contributed by atoms with van der Waals surface area (Å²) in [7, 11) is 1.50. The fourth-order valence-corrected chi connectivity index (χ4v) is 1.49. The standard InChI is InChI=1S/C9H9NO4/c1-13-8-5-2-3-14-7(5)6(4-10-8)9(11)12/h4H,2-3H2,1H3,(H,11,12). The summed E-state index contributed by atoms with van der Waals surface area (Å²) >= 11 is 0. The van der Waals surface area contributed by atoms with E-state index in [1.165, 1.54) is 13.3 Å². The van der Waals surface area contributed by atoms with Gasteiger partial charge in [-0.3, -0.25) is 0 Å². The predicted molar refractivity (Wildman–Crippen MR) is 46.9 cm³/mol. The minimum atomic E-state index is -1.03. The highest BCUT2D eigenvalue weighted by molar-refractivity contribution is 5.91. The Morgan fingerprint density at radius 1 is 1.71 bits per heavy atom. The van der Waals surface area contributed by atoms with Crippen molar-refractivity contribution >= 4 is 5.97 Å². The summed E-state index contributed by atoms with van der Waals surface area (Å²) < 4.78 is 10.2. The summed E-state index contributed by atoms with van der Waals surface area (Å²) in [5, 5.41) is 8.85. The van der Waals surface area contributed by atoms with Gasteiger partial charge in [-0.05, 0) is 0 Å². The molecule has 2 rings (SSSR count). The molecular weight excluding hydrogens is 186 g/mol. The van der Waals surface area contributed by atoms with Gasteiger partial charge in [0.15, 0.2) is 0 Å². The molecule has 1 aliphatic heterocycles. The van der Waals surface area contributed by atoms with Crippen LogP contribution in [0.4, 0.5) is 0 Å². The van der Waals surface area contributed by atoms with E-state index in [1.807, 2.05) is 0 Å². The molecule has 1 N–H and O–H groups in total. The third-order valence-electron chi connectivity index (χ3n) is 2.11. The van der Waals surface area contributed by atoms with Gasteiger partial charge in [0.05, 0.1) is 19.3 Å². The summed E-state index contributed by atoms with van der Waals surface area (Å²) in [5.74, 6) is -0.190. The minimum absolute atomic E-state index is 0.0956. The van der Waals surface area contributed by atoms with Crippen molar-refractivity contribution in [2.45, 2.75) is 6.42 Å². The molecule has 0 spiro atoms. The number of carboxylic acids is 1. The third-order valence-corrected chi connectivity index (χ3v) is 2.11. The molecule has 0 radical (unpaired) electrons. The first-order valence-corrected chi connectivity index (χ1v) is 4.16. The molecule has 1 aromatic heterocycles. The van der Waals surface area contributed by atoms with Crippen molar-refractivity contribution in [3.63, 3.8) is 0 Å². The van der Waals surface area contributed by atoms with Gasteiger partial charge in [0.25, 0.3) is 0 Å². The molecule has 0 bridgehead atoms. The number of aromatic carboxylic acids is 1. The molecule has 0 amide bonds. The first kappa shape index (κ1) is 8.80. The van der Waals surface area contributed by atoms with Crippen molar-refractivity contribution in [2.75, 3.05) is 13.7 Å². The van der Waals surface area contributed by atoms with Gasteiger partial charge < -0.3 is 14.6 Å². The van der Waals surface area contributed by atoms with Crippen molar-refractivity contribution < 1.29 is 19.4 Å². The lowest BCUT2D eigenvalue weighted by molar-refractivity contribution is 0.0692. The van der Waals surface area contributed by atoms with Crippen LogP contribution >= 0.6 is 0 Å².